The molecular formula is C28H54NO10P. The highest BCUT2D eigenvalue weighted by molar-refractivity contribution is 7.47. The molecule has 12 heteroatoms. The van der Waals surface area contributed by atoms with E-state index in [2.05, 4.69) is 16.0 Å². The van der Waals surface area contributed by atoms with E-state index >= 15 is 0 Å². The lowest BCUT2D eigenvalue weighted by Crippen LogP contribution is -2.42. The summed E-state index contributed by atoms with van der Waals surface area (Å²) >= 11 is 0. The summed E-state index contributed by atoms with van der Waals surface area (Å²) < 4.78 is 26.0. The van der Waals surface area contributed by atoms with Gasteiger partial charge >= 0.3 is 19.8 Å². The number of phosphoric acid groups is 1. The van der Waals surface area contributed by atoms with Gasteiger partial charge in [-0.15, -0.1) is 0 Å². The van der Waals surface area contributed by atoms with Gasteiger partial charge in [-0.1, -0.05) is 110 Å². The number of carbonyl (C=O) groups is 3. The number of carbonyl (C=O) groups excluding carboxylic acids is 2. The first-order valence-electron chi connectivity index (χ1n) is 15.0. The molecule has 0 aromatic rings. The number of nitrogens with one attached hydrogen (secondary N) is 1. The fourth-order valence-corrected chi connectivity index (χ4v) is 4.88. The largest absolute Gasteiger partial charge is 0.480 e. The molecule has 0 bridgehead atoms. The molecule has 0 fully saturated rings. The van der Waals surface area contributed by atoms with Crippen molar-refractivity contribution in [2.75, 3.05) is 19.8 Å². The fourth-order valence-electron chi connectivity index (χ4n) is 4.11. The van der Waals surface area contributed by atoms with E-state index in [1.807, 2.05) is 5.32 Å². The molecule has 1 amide bonds. The van der Waals surface area contributed by atoms with Crippen molar-refractivity contribution < 1.29 is 47.8 Å². The summed E-state index contributed by atoms with van der Waals surface area (Å²) in [5.41, 5.74) is 0. The second-order valence-corrected chi connectivity index (χ2v) is 11.8. The molecule has 0 aliphatic rings. The second kappa shape index (κ2) is 25.2. The molecule has 0 saturated carbocycles. The van der Waals surface area contributed by atoms with E-state index in [-0.39, 0.29) is 6.42 Å². The molecule has 236 valence electrons. The Hall–Kier alpha value is -1.52. The van der Waals surface area contributed by atoms with Crippen LogP contribution in [0.1, 0.15) is 129 Å². The van der Waals surface area contributed by atoms with E-state index in [1.165, 1.54) is 83.5 Å². The summed E-state index contributed by atoms with van der Waals surface area (Å²) in [5.74, 6) is -2.58. The van der Waals surface area contributed by atoms with E-state index in [4.69, 9.17) is 9.84 Å². The van der Waals surface area contributed by atoms with Crippen molar-refractivity contribution >= 4 is 25.7 Å². The van der Waals surface area contributed by atoms with Gasteiger partial charge in [-0.25, -0.2) is 9.36 Å². The van der Waals surface area contributed by atoms with Crippen LogP contribution in [-0.2, 0) is 32.7 Å². The van der Waals surface area contributed by atoms with E-state index in [0.29, 0.717) is 6.42 Å². The van der Waals surface area contributed by atoms with Gasteiger partial charge < -0.3 is 25.2 Å². The number of rotatable bonds is 28. The summed E-state index contributed by atoms with van der Waals surface area (Å²) in [6, 6.07) is -1.54. The van der Waals surface area contributed by atoms with Crippen molar-refractivity contribution in [1.82, 2.24) is 5.32 Å². The summed E-state index contributed by atoms with van der Waals surface area (Å²) in [6.07, 6.45) is 20.1. The molecule has 0 aromatic carbocycles. The molecule has 0 heterocycles. The Labute approximate surface area is 240 Å². The second-order valence-electron chi connectivity index (χ2n) is 10.4. The third-order valence-corrected chi connectivity index (χ3v) is 7.38. The van der Waals surface area contributed by atoms with Crippen molar-refractivity contribution in [2.45, 2.75) is 142 Å². The predicted molar refractivity (Wildman–Crippen MR) is 153 cm³/mol. The summed E-state index contributed by atoms with van der Waals surface area (Å²) in [7, 11) is -4.69. The van der Waals surface area contributed by atoms with Gasteiger partial charge in [-0.3, -0.25) is 18.6 Å². The highest BCUT2D eigenvalue weighted by atomic mass is 31.2. The Kier molecular flexibility index (Phi) is 24.3. The quantitative estimate of drug-likeness (QED) is 0.0503. The first kappa shape index (κ1) is 38.5. The summed E-state index contributed by atoms with van der Waals surface area (Å²) in [5, 5.41) is 20.8. The van der Waals surface area contributed by atoms with Crippen molar-refractivity contribution in [3.05, 3.63) is 0 Å². The Morgan fingerprint density at radius 2 is 1.15 bits per heavy atom. The molecular weight excluding hydrogens is 541 g/mol. The Morgan fingerprint density at radius 3 is 1.57 bits per heavy atom. The Balaban J connectivity index is 3.65. The van der Waals surface area contributed by atoms with E-state index in [0.717, 1.165) is 26.2 Å². The number of aliphatic hydroxyl groups excluding tert-OH is 1. The van der Waals surface area contributed by atoms with E-state index in [9.17, 15) is 28.9 Å². The SMILES string of the molecule is CCCCCCCCCCCCCCCCCCCC(=O)OCC(O)COP(=O)(O)OCC(NC(C)=O)C(=O)O. The molecule has 0 rings (SSSR count). The maximum absolute atomic E-state index is 11.8. The molecule has 3 unspecified atom stereocenters. The van der Waals surface area contributed by atoms with Crippen LogP contribution in [-0.4, -0.2) is 64.9 Å². The number of phosphoric ester groups is 1. The van der Waals surface area contributed by atoms with Crippen LogP contribution in [0.4, 0.5) is 0 Å². The van der Waals surface area contributed by atoms with Gasteiger partial charge in [0.15, 0.2) is 6.04 Å². The van der Waals surface area contributed by atoms with Gasteiger partial charge in [0.2, 0.25) is 5.91 Å². The molecule has 3 atom stereocenters. The number of aliphatic carboxylic acids is 1. The van der Waals surface area contributed by atoms with Crippen LogP contribution in [0.15, 0.2) is 0 Å². The zero-order valence-electron chi connectivity index (χ0n) is 24.7. The van der Waals surface area contributed by atoms with Gasteiger partial charge in [-0.2, -0.15) is 0 Å². The number of amides is 1. The number of aliphatic hydroxyl groups is 1. The topological polar surface area (TPSA) is 169 Å². The lowest BCUT2D eigenvalue weighted by atomic mass is 10.0. The van der Waals surface area contributed by atoms with Crippen molar-refractivity contribution in [3.8, 4) is 0 Å². The fraction of sp³-hybridized carbons (Fsp3) is 0.893. The normalized spacial score (nSPS) is 14.3. The number of hydrogen-bond acceptors (Lipinski definition) is 8. The monoisotopic (exact) mass is 595 g/mol. The zero-order chi connectivity index (χ0) is 30.1. The van der Waals surface area contributed by atoms with Crippen LogP contribution >= 0.6 is 7.82 Å². The highest BCUT2D eigenvalue weighted by Crippen LogP contribution is 2.43. The van der Waals surface area contributed by atoms with Gasteiger partial charge in [0.1, 0.15) is 12.7 Å². The standard InChI is InChI=1S/C28H54NO10P/c1-3-4-5-6-7-8-9-10-11-12-13-14-15-16-17-18-19-20-27(32)37-21-25(31)22-38-40(35,36)39-23-26(28(33)34)29-24(2)30/h25-26,31H,3-23H2,1-2H3,(H,29,30)(H,33,34)(H,35,36). The minimum absolute atomic E-state index is 0.230. The maximum atomic E-state index is 11.8. The van der Waals surface area contributed by atoms with Crippen LogP contribution in [0.2, 0.25) is 0 Å². The summed E-state index contributed by atoms with van der Waals surface area (Å²) in [4.78, 5) is 43.4. The molecule has 0 spiro atoms. The van der Waals surface area contributed by atoms with E-state index in [1.54, 1.807) is 0 Å². The van der Waals surface area contributed by atoms with Gasteiger partial charge in [-0.05, 0) is 6.42 Å². The first-order chi connectivity index (χ1) is 19.1. The molecule has 0 aliphatic carbocycles. The highest BCUT2D eigenvalue weighted by Gasteiger charge is 2.28. The molecule has 0 radical (unpaired) electrons. The minimum Gasteiger partial charge on any atom is -0.480 e. The molecule has 40 heavy (non-hydrogen) atoms. The smallest absolute Gasteiger partial charge is 0.472 e. The minimum atomic E-state index is -4.69. The molecule has 11 nitrogen and oxygen atoms in total. The molecule has 0 aliphatic heterocycles. The zero-order valence-corrected chi connectivity index (χ0v) is 25.5. The maximum Gasteiger partial charge on any atom is 0.472 e. The summed E-state index contributed by atoms with van der Waals surface area (Å²) in [6.45, 7) is 1.44. The predicted octanol–water partition coefficient (Wildman–Crippen LogP) is 5.66. The van der Waals surface area contributed by atoms with Crippen LogP contribution in [0, 0.1) is 0 Å². The Bertz CT molecular complexity index is 721. The number of esters is 1. The molecule has 0 aromatic heterocycles. The average Bonchev–Trinajstić information content (AvgIpc) is 2.90. The third-order valence-electron chi connectivity index (χ3n) is 6.43. The number of ether oxygens (including phenoxy) is 1. The lowest BCUT2D eigenvalue weighted by molar-refractivity contribution is -0.147. The van der Waals surface area contributed by atoms with Gasteiger partial charge in [0.05, 0.1) is 13.2 Å². The van der Waals surface area contributed by atoms with Crippen molar-refractivity contribution in [3.63, 3.8) is 0 Å². The Morgan fingerprint density at radius 1 is 0.725 bits per heavy atom. The number of carboxylic acid groups (broad SMARTS) is 1. The number of unbranched alkanes of at least 4 members (excludes halogenated alkanes) is 16. The van der Waals surface area contributed by atoms with Crippen LogP contribution < -0.4 is 5.32 Å². The first-order valence-corrected chi connectivity index (χ1v) is 16.5. The molecule has 0 saturated heterocycles. The third kappa shape index (κ3) is 25.4. The van der Waals surface area contributed by atoms with Crippen molar-refractivity contribution in [1.29, 1.82) is 0 Å². The van der Waals surface area contributed by atoms with E-state index < -0.39 is 57.6 Å². The molecule has 4 N–H and O–H groups in total. The van der Waals surface area contributed by atoms with Crippen LogP contribution in [0.25, 0.3) is 0 Å². The number of carboxylic acids is 1. The van der Waals surface area contributed by atoms with Gasteiger partial charge in [0, 0.05) is 13.3 Å². The lowest BCUT2D eigenvalue weighted by Gasteiger charge is -2.18. The number of hydrogen-bond donors (Lipinski definition) is 4. The average molecular weight is 596 g/mol. The van der Waals surface area contributed by atoms with Gasteiger partial charge in [0.25, 0.3) is 0 Å². The van der Waals surface area contributed by atoms with Crippen molar-refractivity contribution in [2.24, 2.45) is 0 Å². The van der Waals surface area contributed by atoms with Crippen LogP contribution in [0.5, 0.6) is 0 Å². The van der Waals surface area contributed by atoms with Crippen LogP contribution in [0.3, 0.4) is 0 Å².